The van der Waals surface area contributed by atoms with Gasteiger partial charge in [-0.3, -0.25) is 18.9 Å². The number of aliphatic hydroxyl groups excluding tert-OH is 1. The Morgan fingerprint density at radius 3 is 2.81 bits per heavy atom. The van der Waals surface area contributed by atoms with Gasteiger partial charge in [0, 0.05) is 6.42 Å². The van der Waals surface area contributed by atoms with Crippen molar-refractivity contribution in [1.82, 2.24) is 9.55 Å². The predicted octanol–water partition coefficient (Wildman–Crippen LogP) is -1.57. The summed E-state index contributed by atoms with van der Waals surface area (Å²) in [6.45, 7) is -0.609. The van der Waals surface area contributed by atoms with Crippen molar-refractivity contribution in [2.24, 2.45) is 0 Å². The number of aliphatic hydroxyl groups is 1. The lowest BCUT2D eigenvalue weighted by atomic mass is 10.2. The van der Waals surface area contributed by atoms with E-state index in [1.807, 2.05) is 0 Å². The molecule has 0 aromatic carbocycles. The van der Waals surface area contributed by atoms with Gasteiger partial charge in [-0.2, -0.15) is 4.39 Å². The molecule has 0 amide bonds. The van der Waals surface area contributed by atoms with Crippen LogP contribution >= 0.6 is 7.82 Å². The zero-order valence-electron chi connectivity index (χ0n) is 10.4. The number of aromatic amines is 1. The molecule has 0 bridgehead atoms. The van der Waals surface area contributed by atoms with E-state index >= 15 is 0 Å². The highest BCUT2D eigenvalue weighted by Crippen LogP contribution is 2.38. The second-order valence-corrected chi connectivity index (χ2v) is 5.60. The maximum absolute atomic E-state index is 13.2. The first-order valence-electron chi connectivity index (χ1n) is 5.72. The first-order valence-corrected chi connectivity index (χ1v) is 7.25. The third-order valence-corrected chi connectivity index (χ3v) is 3.33. The van der Waals surface area contributed by atoms with Crippen LogP contribution in [0.2, 0.25) is 0 Å². The average molecular weight is 326 g/mol. The van der Waals surface area contributed by atoms with Crippen molar-refractivity contribution in [2.75, 3.05) is 6.61 Å². The van der Waals surface area contributed by atoms with E-state index in [0.717, 1.165) is 4.57 Å². The lowest BCUT2D eigenvalue weighted by Crippen LogP contribution is -2.34. The number of phosphoric acid groups is 1. The number of H-pyrrole nitrogens is 1. The van der Waals surface area contributed by atoms with E-state index in [2.05, 4.69) is 4.52 Å². The summed E-state index contributed by atoms with van der Waals surface area (Å²) in [5.41, 5.74) is -2.12. The minimum Gasteiger partial charge on any atom is -0.390 e. The van der Waals surface area contributed by atoms with Gasteiger partial charge < -0.3 is 19.6 Å². The maximum Gasteiger partial charge on any atom is 0.469 e. The van der Waals surface area contributed by atoms with Crippen molar-refractivity contribution < 1.29 is 33.1 Å². The van der Waals surface area contributed by atoms with Crippen molar-refractivity contribution in [3.8, 4) is 0 Å². The third-order valence-electron chi connectivity index (χ3n) is 2.85. The first-order chi connectivity index (χ1) is 9.67. The van der Waals surface area contributed by atoms with Gasteiger partial charge in [-0.15, -0.1) is 0 Å². The molecule has 1 aliphatic heterocycles. The number of nitrogens with one attached hydrogen (secondary N) is 1. The number of nitrogens with zero attached hydrogens (tertiary/aromatic N) is 1. The van der Waals surface area contributed by atoms with Gasteiger partial charge in [0.05, 0.1) is 18.9 Å². The van der Waals surface area contributed by atoms with Crippen molar-refractivity contribution in [1.29, 1.82) is 0 Å². The van der Waals surface area contributed by atoms with Gasteiger partial charge in [0.25, 0.3) is 5.56 Å². The predicted molar refractivity (Wildman–Crippen MR) is 63.8 cm³/mol. The van der Waals surface area contributed by atoms with Crippen molar-refractivity contribution in [3.05, 3.63) is 32.9 Å². The average Bonchev–Trinajstić information content (AvgIpc) is 2.72. The van der Waals surface area contributed by atoms with Gasteiger partial charge >= 0.3 is 13.5 Å². The van der Waals surface area contributed by atoms with Crippen LogP contribution in [0.25, 0.3) is 0 Å². The molecule has 0 spiro atoms. The van der Waals surface area contributed by atoms with Gasteiger partial charge in [0.1, 0.15) is 12.3 Å². The molecule has 0 radical (unpaired) electrons. The Balaban J connectivity index is 2.14. The summed E-state index contributed by atoms with van der Waals surface area (Å²) >= 11 is 0. The fraction of sp³-hybridized carbons (Fsp3) is 0.556. The molecular weight excluding hydrogens is 314 g/mol. The number of ether oxygens (including phenoxy) is 1. The summed E-state index contributed by atoms with van der Waals surface area (Å²) in [5, 5.41) is 9.69. The molecule has 2 heterocycles. The molecule has 1 fully saturated rings. The quantitative estimate of drug-likeness (QED) is 0.485. The molecule has 12 heteroatoms. The van der Waals surface area contributed by atoms with E-state index < -0.39 is 49.9 Å². The van der Waals surface area contributed by atoms with Crippen LogP contribution in [0.3, 0.4) is 0 Å². The largest absolute Gasteiger partial charge is 0.469 e. The first kappa shape index (κ1) is 16.0. The van der Waals surface area contributed by atoms with Gasteiger partial charge in [-0.25, -0.2) is 9.36 Å². The fourth-order valence-corrected chi connectivity index (χ4v) is 2.22. The Labute approximate surface area is 116 Å². The molecular formula is C9H12FN2O8P. The second-order valence-electron chi connectivity index (χ2n) is 4.36. The van der Waals surface area contributed by atoms with Crippen LogP contribution in [-0.2, 0) is 13.8 Å². The topological polar surface area (TPSA) is 151 Å². The van der Waals surface area contributed by atoms with Gasteiger partial charge in [0.2, 0.25) is 5.82 Å². The summed E-state index contributed by atoms with van der Waals surface area (Å²) in [4.78, 5) is 41.3. The number of hydrogen-bond acceptors (Lipinski definition) is 6. The van der Waals surface area contributed by atoms with E-state index in [0.29, 0.717) is 6.20 Å². The molecule has 1 aliphatic rings. The fourth-order valence-electron chi connectivity index (χ4n) is 1.88. The van der Waals surface area contributed by atoms with E-state index in [4.69, 9.17) is 14.5 Å². The lowest BCUT2D eigenvalue weighted by molar-refractivity contribution is -0.0453. The Kier molecular flexibility index (Phi) is 4.42. The van der Waals surface area contributed by atoms with E-state index in [9.17, 15) is 23.7 Å². The van der Waals surface area contributed by atoms with Gasteiger partial charge in [-0.1, -0.05) is 0 Å². The standard InChI is InChI=1S/C9H12FN2O8P/c10-4-2-12(9(15)11-8(4)14)7-1-5(13)6(20-7)3-19-21(16,17)18/h2,5-7,13H,1,3H2,(H,11,14,15)(H2,16,17,18)/t5-,6+,7-/m1/s1. The van der Waals surface area contributed by atoms with Crippen molar-refractivity contribution in [2.45, 2.75) is 24.9 Å². The number of halogens is 1. The number of hydrogen-bond donors (Lipinski definition) is 4. The Morgan fingerprint density at radius 2 is 2.19 bits per heavy atom. The Hall–Kier alpha value is -1.36. The zero-order valence-corrected chi connectivity index (χ0v) is 11.3. The van der Waals surface area contributed by atoms with Crippen LogP contribution in [0.1, 0.15) is 12.6 Å². The molecule has 3 atom stereocenters. The van der Waals surface area contributed by atoms with Crippen molar-refractivity contribution in [3.63, 3.8) is 0 Å². The van der Waals surface area contributed by atoms with Crippen LogP contribution in [0.5, 0.6) is 0 Å². The molecule has 2 rings (SSSR count). The zero-order chi connectivity index (χ0) is 15.8. The Bertz CT molecular complexity index is 681. The molecule has 0 saturated carbocycles. The highest BCUT2D eigenvalue weighted by atomic mass is 31.2. The number of phosphoric ester groups is 1. The minimum atomic E-state index is -4.73. The van der Waals surface area contributed by atoms with Crippen LogP contribution in [0.4, 0.5) is 4.39 Å². The van der Waals surface area contributed by atoms with Crippen LogP contribution in [0.15, 0.2) is 15.8 Å². The summed E-state index contributed by atoms with van der Waals surface area (Å²) in [6, 6.07) is 0. The monoisotopic (exact) mass is 326 g/mol. The normalized spacial score (nSPS) is 26.2. The third kappa shape index (κ3) is 3.84. The highest BCUT2D eigenvalue weighted by molar-refractivity contribution is 7.46. The lowest BCUT2D eigenvalue weighted by Gasteiger charge is -2.16. The SMILES string of the molecule is O=c1[nH]c(=O)n([C@H]2C[C@@H](O)[C@H](COP(=O)(O)O)O2)cc1F. The van der Waals surface area contributed by atoms with E-state index in [1.54, 1.807) is 4.98 Å². The van der Waals surface area contributed by atoms with Crippen molar-refractivity contribution >= 4 is 7.82 Å². The van der Waals surface area contributed by atoms with E-state index in [1.165, 1.54) is 0 Å². The van der Waals surface area contributed by atoms with Crippen LogP contribution in [0, 0.1) is 5.82 Å². The molecule has 1 saturated heterocycles. The summed E-state index contributed by atoms with van der Waals surface area (Å²) in [5.74, 6) is -1.21. The molecule has 4 N–H and O–H groups in total. The van der Waals surface area contributed by atoms with Gasteiger partial charge in [-0.05, 0) is 0 Å². The molecule has 1 aromatic heterocycles. The summed E-state index contributed by atoms with van der Waals surface area (Å²) < 4.78 is 33.9. The molecule has 21 heavy (non-hydrogen) atoms. The summed E-state index contributed by atoms with van der Waals surface area (Å²) in [7, 11) is -4.73. The Morgan fingerprint density at radius 1 is 1.52 bits per heavy atom. The van der Waals surface area contributed by atoms with E-state index in [-0.39, 0.29) is 6.42 Å². The minimum absolute atomic E-state index is 0.138. The molecule has 0 aliphatic carbocycles. The molecule has 1 aromatic rings. The maximum atomic E-state index is 13.2. The summed E-state index contributed by atoms with van der Waals surface area (Å²) in [6.07, 6.45) is -2.89. The highest BCUT2D eigenvalue weighted by Gasteiger charge is 2.37. The van der Waals surface area contributed by atoms with Crippen LogP contribution < -0.4 is 11.2 Å². The molecule has 118 valence electrons. The van der Waals surface area contributed by atoms with Gasteiger partial charge in [0.15, 0.2) is 0 Å². The molecule has 0 unspecified atom stereocenters. The smallest absolute Gasteiger partial charge is 0.390 e. The number of rotatable bonds is 4. The number of aromatic nitrogens is 2. The molecule has 10 nitrogen and oxygen atoms in total. The second kappa shape index (κ2) is 5.79. The van der Waals surface area contributed by atoms with Crippen LogP contribution in [-0.4, -0.2) is 43.3 Å².